The van der Waals surface area contributed by atoms with Gasteiger partial charge in [0.05, 0.1) is 24.0 Å². The van der Waals surface area contributed by atoms with Gasteiger partial charge < -0.3 is 11.1 Å². The monoisotopic (exact) mass is 282 g/mol. The number of nitrogens with two attached hydrogens (primary N) is 1. The second-order valence-corrected chi connectivity index (χ2v) is 4.59. The van der Waals surface area contributed by atoms with E-state index in [2.05, 4.69) is 22.3 Å². The lowest BCUT2D eigenvalue weighted by atomic mass is 10.0. The van der Waals surface area contributed by atoms with Gasteiger partial charge in [-0.3, -0.25) is 9.48 Å². The van der Waals surface area contributed by atoms with Gasteiger partial charge in [0.2, 0.25) is 0 Å². The maximum atomic E-state index is 12.4. The molecule has 0 aliphatic heterocycles. The number of benzene rings is 1. The Morgan fingerprint density at radius 3 is 2.95 bits per heavy atom. The van der Waals surface area contributed by atoms with Crippen LogP contribution in [0.1, 0.15) is 28.4 Å². The van der Waals surface area contributed by atoms with Crippen LogP contribution in [0, 0.1) is 18.8 Å². The van der Waals surface area contributed by atoms with Crippen molar-refractivity contribution in [2.75, 3.05) is 11.9 Å². The summed E-state index contributed by atoms with van der Waals surface area (Å²) >= 11 is 0. The molecule has 1 aromatic heterocycles. The first-order valence-electron chi connectivity index (χ1n) is 6.77. The van der Waals surface area contributed by atoms with Gasteiger partial charge in [-0.2, -0.15) is 5.10 Å². The lowest BCUT2D eigenvalue weighted by molar-refractivity contribution is 0.102. The van der Waals surface area contributed by atoms with Crippen LogP contribution in [0.4, 0.5) is 5.69 Å². The summed E-state index contributed by atoms with van der Waals surface area (Å²) in [4.78, 5) is 12.4. The molecule has 0 saturated carbocycles. The van der Waals surface area contributed by atoms with E-state index in [4.69, 9.17) is 5.73 Å². The van der Waals surface area contributed by atoms with Crippen LogP contribution in [0.5, 0.6) is 0 Å². The summed E-state index contributed by atoms with van der Waals surface area (Å²) in [7, 11) is 0. The van der Waals surface area contributed by atoms with Crippen molar-refractivity contribution in [1.29, 1.82) is 0 Å². The summed E-state index contributed by atoms with van der Waals surface area (Å²) < 4.78 is 1.75. The Bertz CT molecular complexity index is 707. The van der Waals surface area contributed by atoms with E-state index in [-0.39, 0.29) is 12.5 Å². The minimum Gasteiger partial charge on any atom is -0.320 e. The summed E-state index contributed by atoms with van der Waals surface area (Å²) in [5.41, 5.74) is 8.33. The van der Waals surface area contributed by atoms with Crippen LogP contribution < -0.4 is 11.1 Å². The number of aromatic nitrogens is 2. The third-order valence-corrected chi connectivity index (χ3v) is 2.96. The second kappa shape index (κ2) is 6.73. The van der Waals surface area contributed by atoms with E-state index >= 15 is 0 Å². The van der Waals surface area contributed by atoms with Gasteiger partial charge in [-0.05, 0) is 31.5 Å². The molecule has 0 fully saturated rings. The Balaban J connectivity index is 2.26. The molecule has 21 heavy (non-hydrogen) atoms. The highest BCUT2D eigenvalue weighted by Gasteiger charge is 2.11. The first-order valence-corrected chi connectivity index (χ1v) is 6.77. The van der Waals surface area contributed by atoms with Crippen LogP contribution in [0.2, 0.25) is 0 Å². The summed E-state index contributed by atoms with van der Waals surface area (Å²) in [6.07, 6.45) is 3.41. The normalized spacial score (nSPS) is 9.86. The van der Waals surface area contributed by atoms with Gasteiger partial charge in [-0.25, -0.2) is 0 Å². The maximum Gasteiger partial charge on any atom is 0.257 e. The maximum absolute atomic E-state index is 12.4. The van der Waals surface area contributed by atoms with Gasteiger partial charge in [0.15, 0.2) is 0 Å². The molecule has 1 amide bonds. The number of hydrogen-bond donors (Lipinski definition) is 2. The molecule has 0 aliphatic carbocycles. The van der Waals surface area contributed by atoms with Crippen LogP contribution in [0.25, 0.3) is 0 Å². The molecule has 1 aromatic carbocycles. The molecule has 108 valence electrons. The molecular formula is C16H18N4O. The van der Waals surface area contributed by atoms with Gasteiger partial charge >= 0.3 is 0 Å². The zero-order valence-corrected chi connectivity index (χ0v) is 12.2. The number of aryl methyl sites for hydroxylation is 2. The molecule has 0 radical (unpaired) electrons. The van der Waals surface area contributed by atoms with E-state index in [1.54, 1.807) is 23.1 Å². The smallest absolute Gasteiger partial charge is 0.257 e. The van der Waals surface area contributed by atoms with E-state index in [9.17, 15) is 4.79 Å². The van der Waals surface area contributed by atoms with Gasteiger partial charge in [-0.1, -0.05) is 17.9 Å². The average molecular weight is 282 g/mol. The van der Waals surface area contributed by atoms with Crippen molar-refractivity contribution in [3.8, 4) is 11.8 Å². The third kappa shape index (κ3) is 3.71. The summed E-state index contributed by atoms with van der Waals surface area (Å²) in [5, 5.41) is 6.95. The molecule has 0 aliphatic rings. The van der Waals surface area contributed by atoms with E-state index in [0.29, 0.717) is 16.8 Å². The quantitative estimate of drug-likeness (QED) is 0.843. The van der Waals surface area contributed by atoms with Crippen molar-refractivity contribution in [2.24, 2.45) is 5.73 Å². The lowest BCUT2D eigenvalue weighted by Crippen LogP contribution is -2.13. The van der Waals surface area contributed by atoms with Crippen molar-refractivity contribution in [3.05, 3.63) is 47.3 Å². The molecule has 2 aromatic rings. The SMILES string of the molecule is CCn1cc(NC(=O)c2ccc(C)cc2C#CCN)cn1. The fraction of sp³-hybridized carbons (Fsp3) is 0.250. The number of rotatable bonds is 3. The predicted molar refractivity (Wildman–Crippen MR) is 83.0 cm³/mol. The minimum absolute atomic E-state index is 0.202. The molecule has 0 bridgehead atoms. The molecule has 3 N–H and O–H groups in total. The molecular weight excluding hydrogens is 264 g/mol. The predicted octanol–water partition coefficient (Wildman–Crippen LogP) is 1.77. The molecule has 0 spiro atoms. The van der Waals surface area contributed by atoms with Crippen LogP contribution >= 0.6 is 0 Å². The fourth-order valence-corrected chi connectivity index (χ4v) is 1.91. The summed E-state index contributed by atoms with van der Waals surface area (Å²) in [6.45, 7) is 4.96. The van der Waals surface area contributed by atoms with Crippen LogP contribution in [-0.4, -0.2) is 22.2 Å². The van der Waals surface area contributed by atoms with Crippen LogP contribution in [-0.2, 0) is 6.54 Å². The number of carbonyl (C=O) groups is 1. The van der Waals surface area contributed by atoms with E-state index in [0.717, 1.165) is 12.1 Å². The Morgan fingerprint density at radius 2 is 2.29 bits per heavy atom. The highest BCUT2D eigenvalue weighted by Crippen LogP contribution is 2.14. The molecule has 5 nitrogen and oxygen atoms in total. The lowest BCUT2D eigenvalue weighted by Gasteiger charge is -2.06. The Morgan fingerprint density at radius 1 is 1.48 bits per heavy atom. The van der Waals surface area contributed by atoms with E-state index in [1.165, 1.54) is 0 Å². The summed E-state index contributed by atoms with van der Waals surface area (Å²) in [5.74, 6) is 5.52. The number of amides is 1. The largest absolute Gasteiger partial charge is 0.320 e. The van der Waals surface area contributed by atoms with Gasteiger partial charge in [-0.15, -0.1) is 0 Å². The Hall–Kier alpha value is -2.58. The first kappa shape index (κ1) is 14.8. The minimum atomic E-state index is -0.202. The van der Waals surface area contributed by atoms with Crippen LogP contribution in [0.3, 0.4) is 0 Å². The van der Waals surface area contributed by atoms with Gasteiger partial charge in [0, 0.05) is 18.3 Å². The number of hydrogen-bond acceptors (Lipinski definition) is 3. The molecule has 1 heterocycles. The average Bonchev–Trinajstić information content (AvgIpc) is 2.92. The fourth-order valence-electron chi connectivity index (χ4n) is 1.91. The Labute approximate surface area is 124 Å². The molecule has 5 heteroatoms. The van der Waals surface area contributed by atoms with E-state index in [1.807, 2.05) is 26.0 Å². The van der Waals surface area contributed by atoms with Crippen molar-refractivity contribution < 1.29 is 4.79 Å². The van der Waals surface area contributed by atoms with Crippen molar-refractivity contribution in [3.63, 3.8) is 0 Å². The topological polar surface area (TPSA) is 72.9 Å². The highest BCUT2D eigenvalue weighted by atomic mass is 16.1. The standard InChI is InChI=1S/C16H18N4O/c1-3-20-11-14(10-18-20)19-16(21)15-7-6-12(2)9-13(15)5-4-8-17/h6-7,9-11H,3,8,17H2,1-2H3,(H,19,21). The van der Waals surface area contributed by atoms with Crippen molar-refractivity contribution >= 4 is 11.6 Å². The van der Waals surface area contributed by atoms with Gasteiger partial charge in [0.25, 0.3) is 5.91 Å². The first-order chi connectivity index (χ1) is 10.1. The number of carbonyl (C=O) groups excluding carboxylic acids is 1. The molecule has 0 saturated heterocycles. The number of nitrogens with zero attached hydrogens (tertiary/aromatic N) is 2. The molecule has 0 unspecified atom stereocenters. The summed E-state index contributed by atoms with van der Waals surface area (Å²) in [6, 6.07) is 5.54. The zero-order chi connectivity index (χ0) is 15.2. The molecule has 2 rings (SSSR count). The zero-order valence-electron chi connectivity index (χ0n) is 12.2. The highest BCUT2D eigenvalue weighted by molar-refractivity contribution is 6.05. The van der Waals surface area contributed by atoms with Crippen molar-refractivity contribution in [1.82, 2.24) is 9.78 Å². The number of anilines is 1. The van der Waals surface area contributed by atoms with Crippen molar-refractivity contribution in [2.45, 2.75) is 20.4 Å². The van der Waals surface area contributed by atoms with Gasteiger partial charge in [0.1, 0.15) is 0 Å². The molecule has 0 atom stereocenters. The van der Waals surface area contributed by atoms with Crippen LogP contribution in [0.15, 0.2) is 30.6 Å². The second-order valence-electron chi connectivity index (χ2n) is 4.59. The third-order valence-electron chi connectivity index (χ3n) is 2.96. The Kier molecular flexibility index (Phi) is 4.75. The number of nitrogens with one attached hydrogen (secondary N) is 1. The van der Waals surface area contributed by atoms with E-state index < -0.39 is 0 Å².